The highest BCUT2D eigenvalue weighted by atomic mass is 35.5. The minimum atomic E-state index is -0.457. The Morgan fingerprint density at radius 3 is 2.42 bits per heavy atom. The summed E-state index contributed by atoms with van der Waals surface area (Å²) in [7, 11) is 0. The SMILES string of the molecule is N#Cc1ccc(Cl)cc1NC(=O)COC(=O)C1C2CC3CC(C2)CC1C3. The molecule has 0 aliphatic heterocycles. The molecular weight excluding hydrogens is 352 g/mol. The molecule has 5 rings (SSSR count). The van der Waals surface area contributed by atoms with Crippen molar-refractivity contribution in [3.8, 4) is 6.07 Å². The highest BCUT2D eigenvalue weighted by Crippen LogP contribution is 2.56. The van der Waals surface area contributed by atoms with E-state index in [1.54, 1.807) is 12.1 Å². The van der Waals surface area contributed by atoms with Crippen molar-refractivity contribution in [3.63, 3.8) is 0 Å². The summed E-state index contributed by atoms with van der Waals surface area (Å²) in [5, 5.41) is 12.1. The van der Waals surface area contributed by atoms with Gasteiger partial charge < -0.3 is 10.1 Å². The van der Waals surface area contributed by atoms with E-state index in [-0.39, 0.29) is 18.5 Å². The van der Waals surface area contributed by atoms with E-state index in [0.717, 1.165) is 37.5 Å². The van der Waals surface area contributed by atoms with Crippen molar-refractivity contribution in [1.29, 1.82) is 5.26 Å². The number of carbonyl (C=O) groups excluding carboxylic acids is 2. The van der Waals surface area contributed by atoms with Crippen LogP contribution in [0.4, 0.5) is 5.69 Å². The van der Waals surface area contributed by atoms with E-state index in [2.05, 4.69) is 5.32 Å². The number of esters is 1. The Bertz CT molecular complexity index is 758. The van der Waals surface area contributed by atoms with Crippen molar-refractivity contribution in [1.82, 2.24) is 0 Å². The molecule has 1 aromatic rings. The lowest BCUT2D eigenvalue weighted by Gasteiger charge is -2.53. The molecule has 0 atom stereocenters. The molecule has 1 amide bonds. The minimum Gasteiger partial charge on any atom is -0.455 e. The topological polar surface area (TPSA) is 79.2 Å². The van der Waals surface area contributed by atoms with Crippen LogP contribution in [-0.2, 0) is 14.3 Å². The summed E-state index contributed by atoms with van der Waals surface area (Å²) < 4.78 is 5.34. The lowest BCUT2D eigenvalue weighted by Crippen LogP contribution is -2.48. The van der Waals surface area contributed by atoms with Gasteiger partial charge in [0.15, 0.2) is 6.61 Å². The van der Waals surface area contributed by atoms with Gasteiger partial charge in [-0.1, -0.05) is 11.6 Å². The molecule has 136 valence electrons. The number of nitrogens with zero attached hydrogens (tertiary/aromatic N) is 1. The average Bonchev–Trinajstić information content (AvgIpc) is 2.59. The van der Waals surface area contributed by atoms with Gasteiger partial charge in [-0.3, -0.25) is 9.59 Å². The summed E-state index contributed by atoms with van der Waals surface area (Å²) in [6, 6.07) is 6.64. The van der Waals surface area contributed by atoms with Crippen LogP contribution in [0.25, 0.3) is 0 Å². The number of hydrogen-bond donors (Lipinski definition) is 1. The smallest absolute Gasteiger partial charge is 0.310 e. The monoisotopic (exact) mass is 372 g/mol. The fourth-order valence-corrected chi connectivity index (χ4v) is 5.62. The molecule has 6 heteroatoms. The number of halogens is 1. The molecule has 0 heterocycles. The van der Waals surface area contributed by atoms with Gasteiger partial charge in [-0.05, 0) is 74.0 Å². The molecule has 1 aromatic carbocycles. The van der Waals surface area contributed by atoms with Crippen LogP contribution in [0.1, 0.15) is 37.7 Å². The van der Waals surface area contributed by atoms with Crippen LogP contribution < -0.4 is 5.32 Å². The maximum Gasteiger partial charge on any atom is 0.310 e. The molecule has 4 fully saturated rings. The number of anilines is 1. The van der Waals surface area contributed by atoms with Crippen LogP contribution in [0, 0.1) is 40.9 Å². The third kappa shape index (κ3) is 3.31. The molecule has 4 bridgehead atoms. The number of ether oxygens (including phenoxy) is 1. The van der Waals surface area contributed by atoms with Crippen LogP contribution in [-0.4, -0.2) is 18.5 Å². The lowest BCUT2D eigenvalue weighted by atomic mass is 9.52. The van der Waals surface area contributed by atoms with E-state index in [1.165, 1.54) is 12.5 Å². The molecule has 0 spiro atoms. The second-order valence-corrected chi connectivity index (χ2v) is 8.35. The van der Waals surface area contributed by atoms with Crippen LogP contribution in [0.2, 0.25) is 5.02 Å². The molecule has 4 aliphatic rings. The highest BCUT2D eigenvalue weighted by Gasteiger charge is 2.51. The lowest BCUT2D eigenvalue weighted by molar-refractivity contribution is -0.164. The molecule has 5 nitrogen and oxygen atoms in total. The first-order valence-electron chi connectivity index (χ1n) is 9.19. The second kappa shape index (κ2) is 6.92. The third-order valence-electron chi connectivity index (χ3n) is 6.22. The number of rotatable bonds is 4. The first kappa shape index (κ1) is 17.4. The van der Waals surface area contributed by atoms with Gasteiger partial charge >= 0.3 is 5.97 Å². The van der Waals surface area contributed by atoms with Gasteiger partial charge in [0, 0.05) is 5.02 Å². The number of hydrogen-bond acceptors (Lipinski definition) is 4. The van der Waals surface area contributed by atoms with Crippen molar-refractivity contribution in [2.75, 3.05) is 11.9 Å². The number of carbonyl (C=O) groups is 2. The maximum absolute atomic E-state index is 12.6. The van der Waals surface area contributed by atoms with E-state index in [0.29, 0.717) is 28.1 Å². The number of nitriles is 1. The summed E-state index contributed by atoms with van der Waals surface area (Å²) in [4.78, 5) is 24.7. The second-order valence-electron chi connectivity index (χ2n) is 7.91. The van der Waals surface area contributed by atoms with E-state index in [1.807, 2.05) is 6.07 Å². The maximum atomic E-state index is 12.6. The Balaban J connectivity index is 1.34. The summed E-state index contributed by atoms with van der Waals surface area (Å²) in [5.41, 5.74) is 0.644. The molecular formula is C20H21ClN2O3. The van der Waals surface area contributed by atoms with Gasteiger partial charge in [-0.15, -0.1) is 0 Å². The Kier molecular flexibility index (Phi) is 4.62. The molecule has 0 aromatic heterocycles. The highest BCUT2D eigenvalue weighted by molar-refractivity contribution is 6.31. The van der Waals surface area contributed by atoms with E-state index in [4.69, 9.17) is 21.6 Å². The zero-order chi connectivity index (χ0) is 18.3. The predicted octanol–water partition coefficient (Wildman–Crippen LogP) is 3.77. The van der Waals surface area contributed by atoms with Crippen LogP contribution in [0.15, 0.2) is 18.2 Å². The quantitative estimate of drug-likeness (QED) is 0.816. The Hall–Kier alpha value is -2.06. The minimum absolute atomic E-state index is 0.0450. The van der Waals surface area contributed by atoms with E-state index in [9.17, 15) is 9.59 Å². The summed E-state index contributed by atoms with van der Waals surface area (Å²) in [6.45, 7) is -0.334. The van der Waals surface area contributed by atoms with Gasteiger partial charge in [0.2, 0.25) is 0 Å². The standard InChI is InChI=1S/C20H21ClN2O3/c21-16-2-1-13(9-22)17(8-16)23-18(24)10-26-20(25)19-14-4-11-3-12(6-14)7-15(19)5-11/h1-2,8,11-12,14-15,19H,3-7,10H2,(H,23,24). The van der Waals surface area contributed by atoms with Crippen molar-refractivity contribution in [2.24, 2.45) is 29.6 Å². The van der Waals surface area contributed by atoms with Crippen molar-refractivity contribution >= 4 is 29.2 Å². The van der Waals surface area contributed by atoms with Crippen LogP contribution >= 0.6 is 11.6 Å². The normalized spacial score (nSPS) is 31.3. The Morgan fingerprint density at radius 2 is 1.81 bits per heavy atom. The first-order valence-corrected chi connectivity index (χ1v) is 9.57. The third-order valence-corrected chi connectivity index (χ3v) is 6.46. The molecule has 0 unspecified atom stereocenters. The molecule has 4 saturated carbocycles. The zero-order valence-electron chi connectivity index (χ0n) is 14.4. The van der Waals surface area contributed by atoms with E-state index >= 15 is 0 Å². The summed E-state index contributed by atoms with van der Waals surface area (Å²) in [6.07, 6.45) is 5.86. The van der Waals surface area contributed by atoms with Gasteiger partial charge in [0.25, 0.3) is 5.91 Å². The number of amides is 1. The predicted molar refractivity (Wildman–Crippen MR) is 96.3 cm³/mol. The van der Waals surface area contributed by atoms with Gasteiger partial charge in [-0.25, -0.2) is 0 Å². The first-order chi connectivity index (χ1) is 12.5. The largest absolute Gasteiger partial charge is 0.455 e. The Labute approximate surface area is 157 Å². The van der Waals surface area contributed by atoms with Crippen molar-refractivity contribution in [3.05, 3.63) is 28.8 Å². The van der Waals surface area contributed by atoms with Crippen LogP contribution in [0.3, 0.4) is 0 Å². The molecule has 0 saturated heterocycles. The van der Waals surface area contributed by atoms with Gasteiger partial charge in [0.05, 0.1) is 17.2 Å². The van der Waals surface area contributed by atoms with Crippen molar-refractivity contribution < 1.29 is 14.3 Å². The van der Waals surface area contributed by atoms with Crippen LogP contribution in [0.5, 0.6) is 0 Å². The molecule has 26 heavy (non-hydrogen) atoms. The average molecular weight is 373 g/mol. The van der Waals surface area contributed by atoms with E-state index < -0.39 is 5.91 Å². The molecule has 1 N–H and O–H groups in total. The van der Waals surface area contributed by atoms with Crippen molar-refractivity contribution in [2.45, 2.75) is 32.1 Å². The van der Waals surface area contributed by atoms with Gasteiger partial charge in [-0.2, -0.15) is 5.26 Å². The fourth-order valence-electron chi connectivity index (χ4n) is 5.45. The fraction of sp³-hybridized carbons (Fsp3) is 0.550. The summed E-state index contributed by atoms with van der Waals surface area (Å²) in [5.74, 6) is 1.70. The number of benzene rings is 1. The summed E-state index contributed by atoms with van der Waals surface area (Å²) >= 11 is 5.91. The van der Waals surface area contributed by atoms with Gasteiger partial charge in [0.1, 0.15) is 6.07 Å². The molecule has 0 radical (unpaired) electrons. The zero-order valence-corrected chi connectivity index (χ0v) is 15.2. The Morgan fingerprint density at radius 1 is 1.15 bits per heavy atom. The molecule has 4 aliphatic carbocycles. The number of nitrogens with one attached hydrogen (secondary N) is 1.